The number of halogens is 2. The summed E-state index contributed by atoms with van der Waals surface area (Å²) in [5.74, 6) is -0.560. The van der Waals surface area contributed by atoms with Gasteiger partial charge < -0.3 is 4.74 Å². The van der Waals surface area contributed by atoms with Crippen molar-refractivity contribution in [1.29, 1.82) is 0 Å². The fourth-order valence-electron chi connectivity index (χ4n) is 1.95. The normalized spacial score (nSPS) is 12.8. The number of ether oxygens (including phenoxy) is 1. The van der Waals surface area contributed by atoms with Crippen molar-refractivity contribution in [2.45, 2.75) is 17.6 Å². The molecule has 2 aromatic rings. The first kappa shape index (κ1) is 13.4. The van der Waals surface area contributed by atoms with Gasteiger partial charge in [0.2, 0.25) is 0 Å². The first-order chi connectivity index (χ1) is 9.63. The molecule has 1 aliphatic rings. The molecule has 8 heteroatoms. The summed E-state index contributed by atoms with van der Waals surface area (Å²) in [6.45, 7) is 1.99. The Hall–Kier alpha value is -1.60. The van der Waals surface area contributed by atoms with Crippen LogP contribution in [-0.2, 0) is 10.5 Å². The molecule has 0 spiro atoms. The molecular formula is C12H9ClFN3O2S. The van der Waals surface area contributed by atoms with Crippen molar-refractivity contribution < 1.29 is 13.9 Å². The molecule has 0 amide bonds. The smallest absolute Gasteiger partial charge is 0.360 e. The van der Waals surface area contributed by atoms with Crippen molar-refractivity contribution >= 4 is 29.3 Å². The van der Waals surface area contributed by atoms with Crippen molar-refractivity contribution in [3.05, 3.63) is 34.4 Å². The zero-order valence-electron chi connectivity index (χ0n) is 10.4. The highest BCUT2D eigenvalue weighted by Crippen LogP contribution is 2.41. The molecule has 0 N–H and O–H groups in total. The second-order valence-electron chi connectivity index (χ2n) is 4.02. The fourth-order valence-corrected chi connectivity index (χ4v) is 3.34. The van der Waals surface area contributed by atoms with E-state index < -0.39 is 11.8 Å². The lowest BCUT2D eigenvalue weighted by molar-refractivity contribution is 0.0518. The first-order valence-electron chi connectivity index (χ1n) is 5.86. The molecule has 0 atom stereocenters. The van der Waals surface area contributed by atoms with Gasteiger partial charge in [-0.2, -0.15) is 0 Å². The first-order valence-corrected chi connectivity index (χ1v) is 7.22. The molecule has 104 valence electrons. The van der Waals surface area contributed by atoms with Crippen LogP contribution in [0.15, 0.2) is 17.0 Å². The highest BCUT2D eigenvalue weighted by Gasteiger charge is 2.28. The fraction of sp³-hybridized carbons (Fsp3) is 0.250. The number of nitrogens with zero attached hydrogens (tertiary/aromatic N) is 3. The van der Waals surface area contributed by atoms with E-state index in [0.29, 0.717) is 22.0 Å². The third kappa shape index (κ3) is 1.97. The van der Waals surface area contributed by atoms with Gasteiger partial charge in [-0.1, -0.05) is 16.8 Å². The topological polar surface area (TPSA) is 57.0 Å². The molecule has 0 aliphatic carbocycles. The van der Waals surface area contributed by atoms with E-state index >= 15 is 0 Å². The Kier molecular flexibility index (Phi) is 3.39. The number of rotatable bonds is 2. The van der Waals surface area contributed by atoms with Crippen LogP contribution in [0.4, 0.5) is 4.39 Å². The van der Waals surface area contributed by atoms with Crippen molar-refractivity contribution in [1.82, 2.24) is 15.0 Å². The van der Waals surface area contributed by atoms with Gasteiger partial charge in [-0.25, -0.2) is 13.9 Å². The Morgan fingerprint density at radius 1 is 1.60 bits per heavy atom. The van der Waals surface area contributed by atoms with Crippen LogP contribution in [0.3, 0.4) is 0 Å². The van der Waals surface area contributed by atoms with Gasteiger partial charge in [0, 0.05) is 5.75 Å². The molecule has 0 bridgehead atoms. The van der Waals surface area contributed by atoms with Crippen molar-refractivity contribution in [2.24, 2.45) is 0 Å². The summed E-state index contributed by atoms with van der Waals surface area (Å²) in [7, 11) is 0. The van der Waals surface area contributed by atoms with E-state index in [4.69, 9.17) is 16.3 Å². The molecule has 1 aromatic carbocycles. The average Bonchev–Trinajstić information content (AvgIpc) is 2.87. The second kappa shape index (κ2) is 5.06. The number of carbonyl (C=O) groups is 1. The number of thioether (sulfide) groups is 1. The second-order valence-corrected chi connectivity index (χ2v) is 5.38. The van der Waals surface area contributed by atoms with E-state index in [1.807, 2.05) is 0 Å². The molecule has 0 radical (unpaired) electrons. The summed E-state index contributed by atoms with van der Waals surface area (Å²) in [6, 6.07) is 2.83. The molecule has 0 saturated heterocycles. The van der Waals surface area contributed by atoms with Gasteiger partial charge in [0.05, 0.1) is 27.9 Å². The summed E-state index contributed by atoms with van der Waals surface area (Å²) in [4.78, 5) is 12.4. The lowest BCUT2D eigenvalue weighted by atomic mass is 10.2. The van der Waals surface area contributed by atoms with E-state index in [2.05, 4.69) is 10.3 Å². The van der Waals surface area contributed by atoms with Gasteiger partial charge in [0.15, 0.2) is 5.69 Å². The zero-order chi connectivity index (χ0) is 14.3. The van der Waals surface area contributed by atoms with Gasteiger partial charge in [-0.15, -0.1) is 16.9 Å². The van der Waals surface area contributed by atoms with Gasteiger partial charge in [-0.3, -0.25) is 0 Å². The molecule has 1 aromatic heterocycles. The molecular weight excluding hydrogens is 305 g/mol. The summed E-state index contributed by atoms with van der Waals surface area (Å²) < 4.78 is 19.9. The molecule has 0 saturated carbocycles. The Morgan fingerprint density at radius 3 is 3.15 bits per heavy atom. The maximum Gasteiger partial charge on any atom is 0.360 e. The largest absolute Gasteiger partial charge is 0.461 e. The summed E-state index contributed by atoms with van der Waals surface area (Å²) in [6.07, 6.45) is 0. The van der Waals surface area contributed by atoms with E-state index in [9.17, 15) is 9.18 Å². The summed E-state index contributed by atoms with van der Waals surface area (Å²) >= 11 is 7.29. The number of carbonyl (C=O) groups excluding carboxylic acids is 1. The Morgan fingerprint density at radius 2 is 2.40 bits per heavy atom. The van der Waals surface area contributed by atoms with Crippen LogP contribution in [-0.4, -0.2) is 27.6 Å². The van der Waals surface area contributed by atoms with Crippen LogP contribution in [0.1, 0.15) is 23.1 Å². The van der Waals surface area contributed by atoms with E-state index in [1.165, 1.54) is 22.5 Å². The lowest BCUT2D eigenvalue weighted by Crippen LogP contribution is -2.12. The van der Waals surface area contributed by atoms with E-state index in [-0.39, 0.29) is 17.3 Å². The summed E-state index contributed by atoms with van der Waals surface area (Å²) in [5.41, 5.74) is 1.43. The van der Waals surface area contributed by atoms with Gasteiger partial charge in [0.1, 0.15) is 5.82 Å². The van der Waals surface area contributed by atoms with Crippen LogP contribution in [0, 0.1) is 5.82 Å². The maximum atomic E-state index is 13.5. The van der Waals surface area contributed by atoms with Gasteiger partial charge in [-0.05, 0) is 19.1 Å². The minimum absolute atomic E-state index is 0.0614. The van der Waals surface area contributed by atoms with E-state index in [0.717, 1.165) is 0 Å². The molecule has 5 nitrogen and oxygen atoms in total. The molecule has 0 unspecified atom stereocenters. The number of hydrogen-bond donors (Lipinski definition) is 0. The quantitative estimate of drug-likeness (QED) is 0.798. The Bertz CT molecular complexity index is 704. The predicted molar refractivity (Wildman–Crippen MR) is 71.8 cm³/mol. The van der Waals surface area contributed by atoms with Crippen LogP contribution < -0.4 is 0 Å². The van der Waals surface area contributed by atoms with Crippen molar-refractivity contribution in [2.75, 3.05) is 6.61 Å². The van der Waals surface area contributed by atoms with Crippen molar-refractivity contribution in [3.8, 4) is 5.69 Å². The van der Waals surface area contributed by atoms with E-state index in [1.54, 1.807) is 13.0 Å². The van der Waals surface area contributed by atoms with Crippen molar-refractivity contribution in [3.63, 3.8) is 0 Å². The average molecular weight is 314 g/mol. The molecule has 20 heavy (non-hydrogen) atoms. The van der Waals surface area contributed by atoms with Gasteiger partial charge >= 0.3 is 5.97 Å². The third-order valence-corrected chi connectivity index (χ3v) is 4.44. The Labute approximate surface area is 123 Å². The number of benzene rings is 1. The highest BCUT2D eigenvalue weighted by molar-refractivity contribution is 7.98. The standard InChI is InChI=1S/C12H9ClFN3O2S/c1-2-19-12(18)10-8-5-20-11-7(17(8)16-15-10)4-3-6(14)9(11)13/h3-4H,2,5H2,1H3. The number of aromatic nitrogens is 3. The lowest BCUT2D eigenvalue weighted by Gasteiger charge is -2.18. The minimum Gasteiger partial charge on any atom is -0.461 e. The third-order valence-electron chi connectivity index (χ3n) is 2.84. The summed E-state index contributed by atoms with van der Waals surface area (Å²) in [5, 5.41) is 7.86. The van der Waals surface area contributed by atoms with Gasteiger partial charge in [0.25, 0.3) is 0 Å². The van der Waals surface area contributed by atoms with Crippen LogP contribution >= 0.6 is 23.4 Å². The number of hydrogen-bond acceptors (Lipinski definition) is 5. The van der Waals surface area contributed by atoms with Crippen LogP contribution in [0.2, 0.25) is 5.02 Å². The Balaban J connectivity index is 2.11. The molecule has 3 rings (SSSR count). The van der Waals surface area contributed by atoms with Crippen LogP contribution in [0.25, 0.3) is 5.69 Å². The number of esters is 1. The highest BCUT2D eigenvalue weighted by atomic mass is 35.5. The molecule has 1 aliphatic heterocycles. The SMILES string of the molecule is CCOC(=O)c1nnn2c1CSc1c-2ccc(F)c1Cl. The van der Waals surface area contributed by atoms with Crippen LogP contribution in [0.5, 0.6) is 0 Å². The minimum atomic E-state index is -0.508. The number of fused-ring (bicyclic) bond motifs is 3. The maximum absolute atomic E-state index is 13.5. The molecule has 2 heterocycles. The molecule has 0 fully saturated rings. The predicted octanol–water partition coefficient (Wildman–Crippen LogP) is 2.84. The zero-order valence-corrected chi connectivity index (χ0v) is 12.0. The monoisotopic (exact) mass is 313 g/mol.